The molecule has 5 nitrogen and oxygen atoms in total. The normalized spacial score (nSPS) is 13.9. The average molecular weight is 514 g/mol. The molecule has 0 spiro atoms. The lowest BCUT2D eigenvalue weighted by atomic mass is 10.0. The second-order valence-corrected chi connectivity index (χ2v) is 9.37. The molecule has 1 aliphatic heterocycles. The molecule has 2 heterocycles. The fraction of sp³-hybridized carbons (Fsp3) is 0.0312. The maximum absolute atomic E-state index is 13.9. The van der Waals surface area contributed by atoms with Gasteiger partial charge in [-0.05, 0) is 54.2 Å². The molecule has 0 radical (unpaired) electrons. The fourth-order valence-corrected chi connectivity index (χ4v) is 5.17. The number of anilines is 2. The number of para-hydroxylation sites is 3. The standard InChI is InChI=1S/C32H23N3O2S/c36-30-28(20-24-22-33(21-23-12-4-1-5-13-23)29-19-11-10-18-27(24)29)31(37)35(26-16-8-3-9-17-26)32(38)34(30)25-14-6-2-7-15-25/h1-20,22H,21H2. The Morgan fingerprint density at radius 3 is 1.71 bits per heavy atom. The minimum absolute atomic E-state index is 0.0499. The second kappa shape index (κ2) is 9.92. The van der Waals surface area contributed by atoms with E-state index in [-0.39, 0.29) is 10.7 Å². The number of nitrogens with zero attached hydrogens (tertiary/aromatic N) is 3. The van der Waals surface area contributed by atoms with Gasteiger partial charge in [-0.2, -0.15) is 0 Å². The van der Waals surface area contributed by atoms with Gasteiger partial charge < -0.3 is 4.57 Å². The molecule has 1 saturated heterocycles. The Morgan fingerprint density at radius 2 is 1.13 bits per heavy atom. The van der Waals surface area contributed by atoms with Gasteiger partial charge in [0.25, 0.3) is 11.8 Å². The summed E-state index contributed by atoms with van der Waals surface area (Å²) >= 11 is 5.72. The van der Waals surface area contributed by atoms with Gasteiger partial charge >= 0.3 is 0 Å². The quantitative estimate of drug-likeness (QED) is 0.154. The maximum Gasteiger partial charge on any atom is 0.270 e. The van der Waals surface area contributed by atoms with Crippen molar-refractivity contribution < 1.29 is 9.59 Å². The summed E-state index contributed by atoms with van der Waals surface area (Å²) < 4.78 is 2.14. The van der Waals surface area contributed by atoms with Crippen LogP contribution in [0.1, 0.15) is 11.1 Å². The van der Waals surface area contributed by atoms with E-state index in [4.69, 9.17) is 12.2 Å². The van der Waals surface area contributed by atoms with Crippen LogP contribution in [0.2, 0.25) is 0 Å². The van der Waals surface area contributed by atoms with Crippen LogP contribution in [0.3, 0.4) is 0 Å². The number of thiocarbonyl (C=S) groups is 1. The summed E-state index contributed by atoms with van der Waals surface area (Å²) in [5.74, 6) is -0.892. The molecule has 1 aromatic heterocycles. The van der Waals surface area contributed by atoms with Gasteiger partial charge in [0, 0.05) is 29.2 Å². The third kappa shape index (κ3) is 4.21. The largest absolute Gasteiger partial charge is 0.342 e. The third-order valence-corrected chi connectivity index (χ3v) is 6.96. The van der Waals surface area contributed by atoms with E-state index < -0.39 is 11.8 Å². The van der Waals surface area contributed by atoms with E-state index >= 15 is 0 Å². The smallest absolute Gasteiger partial charge is 0.270 e. The van der Waals surface area contributed by atoms with Crippen LogP contribution in [-0.2, 0) is 16.1 Å². The van der Waals surface area contributed by atoms with Crippen molar-refractivity contribution >= 4 is 57.5 Å². The Balaban J connectivity index is 1.50. The number of carbonyl (C=O) groups is 2. The molecule has 184 valence electrons. The van der Waals surface area contributed by atoms with E-state index in [1.165, 1.54) is 9.80 Å². The Morgan fingerprint density at radius 1 is 0.632 bits per heavy atom. The molecule has 6 heteroatoms. The van der Waals surface area contributed by atoms with E-state index in [0.717, 1.165) is 22.0 Å². The molecule has 0 unspecified atom stereocenters. The molecule has 6 rings (SSSR count). The monoisotopic (exact) mass is 513 g/mol. The van der Waals surface area contributed by atoms with Crippen molar-refractivity contribution in [2.75, 3.05) is 9.80 Å². The van der Waals surface area contributed by atoms with Crippen molar-refractivity contribution in [3.63, 3.8) is 0 Å². The number of aromatic nitrogens is 1. The Kier molecular flexibility index (Phi) is 6.15. The minimum Gasteiger partial charge on any atom is -0.342 e. The van der Waals surface area contributed by atoms with Crippen molar-refractivity contribution in [3.8, 4) is 0 Å². The van der Waals surface area contributed by atoms with Crippen molar-refractivity contribution in [1.82, 2.24) is 4.57 Å². The number of fused-ring (bicyclic) bond motifs is 1. The summed E-state index contributed by atoms with van der Waals surface area (Å²) in [4.78, 5) is 30.6. The zero-order valence-electron chi connectivity index (χ0n) is 20.4. The molecule has 0 N–H and O–H groups in total. The molecule has 0 saturated carbocycles. The Bertz CT molecular complexity index is 1630. The molecule has 2 amide bonds. The zero-order valence-corrected chi connectivity index (χ0v) is 21.2. The highest BCUT2D eigenvalue weighted by Gasteiger charge is 2.41. The van der Waals surface area contributed by atoms with Gasteiger partial charge in [-0.3, -0.25) is 19.4 Å². The molecule has 4 aromatic carbocycles. The van der Waals surface area contributed by atoms with Gasteiger partial charge in [0.05, 0.1) is 11.4 Å². The molecule has 1 fully saturated rings. The summed E-state index contributed by atoms with van der Waals surface area (Å²) in [5.41, 5.74) is 4.24. The number of benzene rings is 4. The van der Waals surface area contributed by atoms with Gasteiger partial charge in [0.1, 0.15) is 5.57 Å². The van der Waals surface area contributed by atoms with Crippen LogP contribution in [0, 0.1) is 0 Å². The van der Waals surface area contributed by atoms with Gasteiger partial charge in [-0.1, -0.05) is 84.9 Å². The molecule has 38 heavy (non-hydrogen) atoms. The van der Waals surface area contributed by atoms with Crippen molar-refractivity contribution in [2.45, 2.75) is 6.54 Å². The SMILES string of the molecule is O=C1C(=Cc2cn(Cc3ccccc3)c3ccccc23)C(=O)N(c2ccccc2)C(=S)N1c1ccccc1. The lowest BCUT2D eigenvalue weighted by molar-refractivity contribution is -0.120. The molecule has 0 atom stereocenters. The van der Waals surface area contributed by atoms with Crippen molar-refractivity contribution in [3.05, 3.63) is 138 Å². The third-order valence-electron chi connectivity index (χ3n) is 6.59. The molecular weight excluding hydrogens is 490 g/mol. The van der Waals surface area contributed by atoms with Crippen molar-refractivity contribution in [2.24, 2.45) is 0 Å². The first-order valence-electron chi connectivity index (χ1n) is 12.3. The number of rotatable bonds is 5. The molecule has 0 aliphatic carbocycles. The minimum atomic E-state index is -0.446. The highest BCUT2D eigenvalue weighted by atomic mass is 32.1. The summed E-state index contributed by atoms with van der Waals surface area (Å²) in [7, 11) is 0. The molecule has 5 aromatic rings. The van der Waals surface area contributed by atoms with Crippen LogP contribution in [0.4, 0.5) is 11.4 Å². The number of amides is 2. The molecule has 1 aliphatic rings. The van der Waals surface area contributed by atoms with Crippen LogP contribution in [0.5, 0.6) is 0 Å². The van der Waals surface area contributed by atoms with Crippen LogP contribution in [-0.4, -0.2) is 21.5 Å². The van der Waals surface area contributed by atoms with Gasteiger partial charge in [-0.15, -0.1) is 0 Å². The van der Waals surface area contributed by atoms with Gasteiger partial charge in [0.15, 0.2) is 5.11 Å². The van der Waals surface area contributed by atoms with E-state index in [1.807, 2.05) is 109 Å². The van der Waals surface area contributed by atoms with Crippen LogP contribution in [0.25, 0.3) is 17.0 Å². The topological polar surface area (TPSA) is 45.6 Å². The van der Waals surface area contributed by atoms with E-state index in [1.54, 1.807) is 6.08 Å². The number of hydrogen-bond acceptors (Lipinski definition) is 3. The first-order chi connectivity index (χ1) is 18.6. The van der Waals surface area contributed by atoms with Gasteiger partial charge in [-0.25, -0.2) is 0 Å². The highest BCUT2D eigenvalue weighted by Crippen LogP contribution is 2.31. The summed E-state index contributed by atoms with van der Waals surface area (Å²) in [6.45, 7) is 0.669. The number of hydrogen-bond donors (Lipinski definition) is 0. The number of carbonyl (C=O) groups excluding carboxylic acids is 2. The van der Waals surface area contributed by atoms with Crippen LogP contribution in [0.15, 0.2) is 127 Å². The first kappa shape index (κ1) is 23.6. The lowest BCUT2D eigenvalue weighted by Gasteiger charge is -2.36. The molecule has 0 bridgehead atoms. The van der Waals surface area contributed by atoms with E-state index in [9.17, 15) is 9.59 Å². The molecular formula is C32H23N3O2S. The fourth-order valence-electron chi connectivity index (χ4n) is 4.80. The maximum atomic E-state index is 13.9. The van der Waals surface area contributed by atoms with Crippen LogP contribution >= 0.6 is 12.2 Å². The van der Waals surface area contributed by atoms with Crippen molar-refractivity contribution in [1.29, 1.82) is 0 Å². The Labute approximate surface area is 225 Å². The Hall–Kier alpha value is -4.81. The van der Waals surface area contributed by atoms with Gasteiger partial charge in [0.2, 0.25) is 0 Å². The summed E-state index contributed by atoms with van der Waals surface area (Å²) in [5, 5.41) is 1.09. The van der Waals surface area contributed by atoms with E-state index in [0.29, 0.717) is 17.9 Å². The lowest BCUT2D eigenvalue weighted by Crippen LogP contribution is -2.56. The zero-order chi connectivity index (χ0) is 26.1. The van der Waals surface area contributed by atoms with Crippen LogP contribution < -0.4 is 9.80 Å². The average Bonchev–Trinajstić information content (AvgIpc) is 3.30. The highest BCUT2D eigenvalue weighted by molar-refractivity contribution is 7.81. The second-order valence-electron chi connectivity index (χ2n) is 9.01. The first-order valence-corrected chi connectivity index (χ1v) is 12.7. The van der Waals surface area contributed by atoms with E-state index in [2.05, 4.69) is 16.7 Å². The predicted octanol–water partition coefficient (Wildman–Crippen LogP) is 6.44. The summed E-state index contributed by atoms with van der Waals surface area (Å²) in [6, 6.07) is 36.6. The predicted molar refractivity (Wildman–Crippen MR) is 156 cm³/mol. The summed E-state index contributed by atoms with van der Waals surface area (Å²) in [6.07, 6.45) is 3.69.